The number of aryl methyl sites for hydroxylation is 1. The fraction of sp³-hybridized carbons (Fsp3) is 0.667. The first-order valence-electron chi connectivity index (χ1n) is 9.86. The van der Waals surface area contributed by atoms with E-state index in [-0.39, 0.29) is 18.3 Å². The third-order valence-electron chi connectivity index (χ3n) is 6.03. The van der Waals surface area contributed by atoms with E-state index in [4.69, 9.17) is 9.47 Å². The number of carbonyl (C=O) groups excluding carboxylic acids is 1. The van der Waals surface area contributed by atoms with Crippen LogP contribution in [0.3, 0.4) is 0 Å². The van der Waals surface area contributed by atoms with Crippen LogP contribution in [-0.2, 0) is 11.2 Å². The van der Waals surface area contributed by atoms with Gasteiger partial charge in [0.2, 0.25) is 5.91 Å². The highest BCUT2D eigenvalue weighted by atomic mass is 35.5. The molecule has 2 fully saturated rings. The second-order valence-electron chi connectivity index (χ2n) is 7.62. The number of piperidine rings is 1. The molecule has 5 nitrogen and oxygen atoms in total. The number of hydrogen-bond donors (Lipinski definition) is 1. The van der Waals surface area contributed by atoms with Crippen molar-refractivity contribution < 1.29 is 14.3 Å². The summed E-state index contributed by atoms with van der Waals surface area (Å²) in [6, 6.07) is 6.47. The van der Waals surface area contributed by atoms with Crippen molar-refractivity contribution in [3.63, 3.8) is 0 Å². The van der Waals surface area contributed by atoms with Crippen molar-refractivity contribution in [2.75, 3.05) is 33.9 Å². The summed E-state index contributed by atoms with van der Waals surface area (Å²) in [6.07, 6.45) is 5.44. The summed E-state index contributed by atoms with van der Waals surface area (Å²) in [4.78, 5) is 15.2. The van der Waals surface area contributed by atoms with Crippen LogP contribution >= 0.6 is 12.4 Å². The minimum Gasteiger partial charge on any atom is -0.493 e. The van der Waals surface area contributed by atoms with E-state index in [1.54, 1.807) is 14.2 Å². The Morgan fingerprint density at radius 3 is 2.59 bits per heavy atom. The molecule has 2 atom stereocenters. The van der Waals surface area contributed by atoms with Crippen molar-refractivity contribution in [3.05, 3.63) is 23.8 Å². The number of hydrogen-bond acceptors (Lipinski definition) is 4. The van der Waals surface area contributed by atoms with Gasteiger partial charge in [-0.25, -0.2) is 0 Å². The molecule has 2 heterocycles. The molecule has 2 unspecified atom stereocenters. The van der Waals surface area contributed by atoms with Crippen LogP contribution in [0.25, 0.3) is 0 Å². The van der Waals surface area contributed by atoms with E-state index in [0.29, 0.717) is 17.9 Å². The molecule has 0 aromatic heterocycles. The van der Waals surface area contributed by atoms with Crippen molar-refractivity contribution in [2.24, 2.45) is 11.8 Å². The predicted octanol–water partition coefficient (Wildman–Crippen LogP) is 3.29. The first-order valence-corrected chi connectivity index (χ1v) is 9.86. The molecule has 152 valence electrons. The maximum Gasteiger partial charge on any atom is 0.226 e. The van der Waals surface area contributed by atoms with Gasteiger partial charge in [-0.15, -0.1) is 12.4 Å². The molecule has 1 aromatic carbocycles. The van der Waals surface area contributed by atoms with Gasteiger partial charge >= 0.3 is 0 Å². The molecule has 0 saturated carbocycles. The molecule has 1 aromatic rings. The molecule has 0 radical (unpaired) electrons. The summed E-state index contributed by atoms with van der Waals surface area (Å²) < 4.78 is 10.7. The van der Waals surface area contributed by atoms with Crippen molar-refractivity contribution in [3.8, 4) is 11.5 Å². The van der Waals surface area contributed by atoms with Crippen molar-refractivity contribution in [2.45, 2.75) is 45.1 Å². The van der Waals surface area contributed by atoms with Gasteiger partial charge in [0.05, 0.1) is 14.2 Å². The lowest BCUT2D eigenvalue weighted by atomic mass is 9.86. The highest BCUT2D eigenvalue weighted by Crippen LogP contribution is 2.30. The van der Waals surface area contributed by atoms with E-state index < -0.39 is 0 Å². The first-order chi connectivity index (χ1) is 12.6. The predicted molar refractivity (Wildman–Crippen MR) is 110 cm³/mol. The van der Waals surface area contributed by atoms with Crippen molar-refractivity contribution in [1.82, 2.24) is 10.2 Å². The van der Waals surface area contributed by atoms with Gasteiger partial charge in [0, 0.05) is 18.5 Å². The van der Waals surface area contributed by atoms with Crippen molar-refractivity contribution in [1.29, 1.82) is 0 Å². The van der Waals surface area contributed by atoms with Gasteiger partial charge in [-0.05, 0) is 68.8 Å². The number of carbonyl (C=O) groups is 1. The third-order valence-corrected chi connectivity index (χ3v) is 6.03. The van der Waals surface area contributed by atoms with Crippen molar-refractivity contribution >= 4 is 18.3 Å². The maximum atomic E-state index is 13.0. The number of nitrogens with zero attached hydrogens (tertiary/aromatic N) is 1. The second kappa shape index (κ2) is 10.2. The molecule has 0 aliphatic carbocycles. The summed E-state index contributed by atoms with van der Waals surface area (Å²) in [5.74, 6) is 2.53. The fourth-order valence-electron chi connectivity index (χ4n) is 4.09. The average Bonchev–Trinajstić information content (AvgIpc) is 2.64. The Morgan fingerprint density at radius 1 is 1.22 bits per heavy atom. The zero-order chi connectivity index (χ0) is 18.5. The molecule has 2 aliphatic heterocycles. The molecule has 0 bridgehead atoms. The number of rotatable bonds is 7. The Labute approximate surface area is 169 Å². The number of benzene rings is 1. The lowest BCUT2D eigenvalue weighted by molar-refractivity contribution is -0.141. The van der Waals surface area contributed by atoms with Crippen LogP contribution in [0.2, 0.25) is 0 Å². The fourth-order valence-corrected chi connectivity index (χ4v) is 4.09. The Balaban J connectivity index is 0.00000261. The van der Waals surface area contributed by atoms with Gasteiger partial charge in [-0.2, -0.15) is 0 Å². The third kappa shape index (κ3) is 5.08. The maximum absolute atomic E-state index is 13.0. The molecule has 27 heavy (non-hydrogen) atoms. The SMILES string of the molecule is COc1ccc(CCC2CCCCN2C(=O)C(C)C2CNC2)cc1OC.Cl. The van der Waals surface area contributed by atoms with Crippen LogP contribution in [0.4, 0.5) is 0 Å². The number of amides is 1. The molecule has 2 saturated heterocycles. The Kier molecular flexibility index (Phi) is 8.24. The van der Waals surface area contributed by atoms with Crippen LogP contribution in [0.1, 0.15) is 38.2 Å². The van der Waals surface area contributed by atoms with E-state index in [2.05, 4.69) is 29.3 Å². The number of halogens is 1. The monoisotopic (exact) mass is 396 g/mol. The topological polar surface area (TPSA) is 50.8 Å². The van der Waals surface area contributed by atoms with Crippen LogP contribution < -0.4 is 14.8 Å². The van der Waals surface area contributed by atoms with Gasteiger partial charge < -0.3 is 19.7 Å². The Hall–Kier alpha value is -1.46. The first kappa shape index (κ1) is 21.8. The van der Waals surface area contributed by atoms with Crippen LogP contribution in [0.5, 0.6) is 11.5 Å². The number of methoxy groups -OCH3 is 2. The average molecular weight is 397 g/mol. The molecule has 1 N–H and O–H groups in total. The number of nitrogens with one attached hydrogen (secondary N) is 1. The molecular formula is C21H33ClN2O3. The molecule has 0 spiro atoms. The summed E-state index contributed by atoms with van der Waals surface area (Å²) in [5, 5.41) is 3.29. The minimum absolute atomic E-state index is 0. The van der Waals surface area contributed by atoms with Gasteiger partial charge in [0.25, 0.3) is 0 Å². The second-order valence-corrected chi connectivity index (χ2v) is 7.62. The van der Waals surface area contributed by atoms with Crippen LogP contribution in [0.15, 0.2) is 18.2 Å². The lowest BCUT2D eigenvalue weighted by Crippen LogP contribution is -2.53. The summed E-state index contributed by atoms with van der Waals surface area (Å²) >= 11 is 0. The van der Waals surface area contributed by atoms with E-state index in [9.17, 15) is 4.79 Å². The quantitative estimate of drug-likeness (QED) is 0.768. The molecule has 3 rings (SSSR count). The van der Waals surface area contributed by atoms with Crippen LogP contribution in [-0.4, -0.2) is 50.7 Å². The van der Waals surface area contributed by atoms with Gasteiger partial charge in [-0.1, -0.05) is 13.0 Å². The largest absolute Gasteiger partial charge is 0.493 e. The van der Waals surface area contributed by atoms with E-state index in [1.165, 1.54) is 12.0 Å². The summed E-state index contributed by atoms with van der Waals surface area (Å²) in [7, 11) is 3.32. The number of likely N-dealkylation sites (tertiary alicyclic amines) is 1. The Morgan fingerprint density at radius 2 is 1.96 bits per heavy atom. The molecule has 6 heteroatoms. The minimum atomic E-state index is 0. The normalized spacial score (nSPS) is 21.0. The van der Waals surface area contributed by atoms with Gasteiger partial charge in [-0.3, -0.25) is 4.79 Å². The van der Waals surface area contributed by atoms with E-state index >= 15 is 0 Å². The highest BCUT2D eigenvalue weighted by molar-refractivity contribution is 5.85. The standard InChI is InChI=1S/C21H32N2O3.ClH/c1-15(17-13-22-14-17)21(24)23-11-5-4-6-18(23)9-7-16-8-10-19(25-2)20(12-16)26-3;/h8,10,12,15,17-18,22H,4-7,9,11,13-14H2,1-3H3;1H. The number of ether oxygens (including phenoxy) is 2. The lowest BCUT2D eigenvalue weighted by Gasteiger charge is -2.40. The van der Waals surface area contributed by atoms with Gasteiger partial charge in [0.15, 0.2) is 11.5 Å². The molecular weight excluding hydrogens is 364 g/mol. The Bertz CT molecular complexity index is 621. The molecule has 2 aliphatic rings. The van der Waals surface area contributed by atoms with Gasteiger partial charge in [0.1, 0.15) is 0 Å². The van der Waals surface area contributed by atoms with Crippen LogP contribution in [0, 0.1) is 11.8 Å². The zero-order valence-electron chi connectivity index (χ0n) is 16.7. The highest BCUT2D eigenvalue weighted by Gasteiger charge is 2.35. The van der Waals surface area contributed by atoms with E-state index in [1.807, 2.05) is 6.07 Å². The smallest absolute Gasteiger partial charge is 0.226 e. The zero-order valence-corrected chi connectivity index (χ0v) is 17.5. The summed E-state index contributed by atoms with van der Waals surface area (Å²) in [6.45, 7) is 4.99. The summed E-state index contributed by atoms with van der Waals surface area (Å²) in [5.41, 5.74) is 1.23. The van der Waals surface area contributed by atoms with E-state index in [0.717, 1.165) is 56.8 Å². The molecule has 1 amide bonds.